The Kier molecular flexibility index (Phi) is 6.74. The maximum atomic E-state index is 2.35. The van der Waals surface area contributed by atoms with E-state index in [0.717, 1.165) is 17.8 Å². The first kappa shape index (κ1) is 15.4. The van der Waals surface area contributed by atoms with E-state index in [1.807, 2.05) is 5.92 Å². The summed E-state index contributed by atoms with van der Waals surface area (Å²) in [5.74, 6) is 5.17. The minimum absolute atomic E-state index is 1.08. The highest BCUT2D eigenvalue weighted by molar-refractivity contribution is 4.95. The van der Waals surface area contributed by atoms with Crippen molar-refractivity contribution in [3.05, 3.63) is 5.92 Å². The van der Waals surface area contributed by atoms with E-state index >= 15 is 0 Å². The summed E-state index contributed by atoms with van der Waals surface area (Å²) in [6.45, 7) is 4.67. The molecule has 2 aliphatic carbocycles. The number of hydrogen-bond donors (Lipinski definition) is 0. The third kappa shape index (κ3) is 4.80. The molecule has 19 heavy (non-hydrogen) atoms. The zero-order valence-corrected chi connectivity index (χ0v) is 13.4. The minimum atomic E-state index is 1.08. The summed E-state index contributed by atoms with van der Waals surface area (Å²) < 4.78 is 0. The van der Waals surface area contributed by atoms with E-state index in [-0.39, 0.29) is 0 Å². The van der Waals surface area contributed by atoms with Crippen molar-refractivity contribution in [1.29, 1.82) is 0 Å². The fourth-order valence-electron chi connectivity index (χ4n) is 4.55. The smallest absolute Gasteiger partial charge is 0.0241 e. The van der Waals surface area contributed by atoms with Crippen LogP contribution in [-0.2, 0) is 0 Å². The Bertz CT molecular complexity index is 216. The molecule has 0 N–H and O–H groups in total. The molecule has 2 rings (SSSR count). The van der Waals surface area contributed by atoms with Crippen LogP contribution >= 0.6 is 0 Å². The molecule has 0 heterocycles. The molecule has 2 saturated carbocycles. The largest absolute Gasteiger partial charge is 0.0654 e. The predicted molar refractivity (Wildman–Crippen MR) is 85.1 cm³/mol. The fraction of sp³-hybridized carbons (Fsp3) is 0.947. The second-order valence-electron chi connectivity index (χ2n) is 7.26. The van der Waals surface area contributed by atoms with Gasteiger partial charge in [-0.3, -0.25) is 0 Å². The van der Waals surface area contributed by atoms with Crippen LogP contribution < -0.4 is 0 Å². The van der Waals surface area contributed by atoms with Crippen molar-refractivity contribution in [3.63, 3.8) is 0 Å². The van der Waals surface area contributed by atoms with Crippen LogP contribution in [0.5, 0.6) is 0 Å². The van der Waals surface area contributed by atoms with Crippen LogP contribution in [-0.4, -0.2) is 0 Å². The predicted octanol–water partition coefficient (Wildman–Crippen LogP) is 6.55. The van der Waals surface area contributed by atoms with Crippen LogP contribution in [0.15, 0.2) is 0 Å². The molecule has 1 radical (unpaired) electrons. The second kappa shape index (κ2) is 8.32. The molecule has 0 amide bonds. The molecule has 0 bridgehead atoms. The van der Waals surface area contributed by atoms with Gasteiger partial charge in [0.25, 0.3) is 0 Å². The summed E-state index contributed by atoms with van der Waals surface area (Å²) in [6, 6.07) is 0. The van der Waals surface area contributed by atoms with Gasteiger partial charge in [-0.1, -0.05) is 52.4 Å². The molecule has 111 valence electrons. The lowest BCUT2D eigenvalue weighted by atomic mass is 9.68. The van der Waals surface area contributed by atoms with Gasteiger partial charge in [-0.05, 0) is 68.6 Å². The molecule has 0 aromatic carbocycles. The Morgan fingerprint density at radius 2 is 1.42 bits per heavy atom. The Labute approximate surface area is 121 Å². The average Bonchev–Trinajstić information content (AvgIpc) is 2.47. The topological polar surface area (TPSA) is 0 Å². The van der Waals surface area contributed by atoms with Crippen molar-refractivity contribution in [2.45, 2.75) is 97.3 Å². The first-order chi connectivity index (χ1) is 9.33. The van der Waals surface area contributed by atoms with Gasteiger partial charge in [0.2, 0.25) is 0 Å². The van der Waals surface area contributed by atoms with Crippen LogP contribution in [0.1, 0.15) is 97.3 Å². The van der Waals surface area contributed by atoms with E-state index in [9.17, 15) is 0 Å². The highest BCUT2D eigenvalue weighted by Gasteiger charge is 2.30. The van der Waals surface area contributed by atoms with Gasteiger partial charge < -0.3 is 0 Å². The SMILES string of the molecule is CCCC[C]1CCC(C2CCC(CCC)CC2)CC1. The molecule has 0 atom stereocenters. The van der Waals surface area contributed by atoms with Gasteiger partial charge in [0.1, 0.15) is 0 Å². The van der Waals surface area contributed by atoms with E-state index < -0.39 is 0 Å². The van der Waals surface area contributed by atoms with Gasteiger partial charge in [-0.15, -0.1) is 0 Å². The summed E-state index contributed by atoms with van der Waals surface area (Å²) in [6.07, 6.45) is 19.3. The molecule has 0 nitrogen and oxygen atoms in total. The minimum Gasteiger partial charge on any atom is -0.0654 e. The normalized spacial score (nSPS) is 30.6. The first-order valence-electron chi connectivity index (χ1n) is 9.17. The molecule has 0 aromatic rings. The van der Waals surface area contributed by atoms with E-state index in [2.05, 4.69) is 13.8 Å². The molecule has 0 unspecified atom stereocenters. The second-order valence-corrected chi connectivity index (χ2v) is 7.26. The Morgan fingerprint density at radius 3 is 2.00 bits per heavy atom. The Balaban J connectivity index is 1.65. The van der Waals surface area contributed by atoms with Crippen LogP contribution in [0, 0.1) is 23.7 Å². The molecular weight excluding hydrogens is 228 g/mol. The molecular formula is C19H35. The van der Waals surface area contributed by atoms with Crippen molar-refractivity contribution in [3.8, 4) is 0 Å². The zero-order valence-electron chi connectivity index (χ0n) is 13.4. The van der Waals surface area contributed by atoms with Crippen molar-refractivity contribution < 1.29 is 0 Å². The maximum Gasteiger partial charge on any atom is -0.0241 e. The first-order valence-corrected chi connectivity index (χ1v) is 9.17. The van der Waals surface area contributed by atoms with Crippen molar-refractivity contribution >= 4 is 0 Å². The quantitative estimate of drug-likeness (QED) is 0.510. The van der Waals surface area contributed by atoms with Crippen LogP contribution in [0.25, 0.3) is 0 Å². The third-order valence-electron chi connectivity index (χ3n) is 5.88. The number of unbranched alkanes of at least 4 members (excludes halogenated alkanes) is 1. The van der Waals surface area contributed by atoms with Gasteiger partial charge >= 0.3 is 0 Å². The standard InChI is InChI=1S/C19H35/c1-3-5-7-17-10-14-19(15-11-17)18-12-8-16(6-4-2)9-13-18/h16,18-19H,3-15H2,1-2H3. The van der Waals surface area contributed by atoms with Gasteiger partial charge in [0.05, 0.1) is 0 Å². The summed E-state index contributed by atoms with van der Waals surface area (Å²) in [5, 5.41) is 0. The molecule has 0 aliphatic heterocycles. The Hall–Kier alpha value is 0. The summed E-state index contributed by atoms with van der Waals surface area (Å²) in [5.41, 5.74) is 0. The Morgan fingerprint density at radius 1 is 0.789 bits per heavy atom. The summed E-state index contributed by atoms with van der Waals surface area (Å²) >= 11 is 0. The molecule has 2 fully saturated rings. The fourth-order valence-corrected chi connectivity index (χ4v) is 4.55. The van der Waals surface area contributed by atoms with Gasteiger partial charge in [0.15, 0.2) is 0 Å². The average molecular weight is 263 g/mol. The van der Waals surface area contributed by atoms with Gasteiger partial charge in [-0.2, -0.15) is 0 Å². The summed E-state index contributed by atoms with van der Waals surface area (Å²) in [7, 11) is 0. The molecule has 0 spiro atoms. The van der Waals surface area contributed by atoms with E-state index in [1.54, 1.807) is 25.7 Å². The van der Waals surface area contributed by atoms with Crippen molar-refractivity contribution in [2.24, 2.45) is 17.8 Å². The van der Waals surface area contributed by atoms with Gasteiger partial charge in [0, 0.05) is 0 Å². The van der Waals surface area contributed by atoms with E-state index in [4.69, 9.17) is 0 Å². The maximum absolute atomic E-state index is 2.35. The zero-order chi connectivity index (χ0) is 13.5. The lowest BCUT2D eigenvalue weighted by Crippen LogP contribution is -2.25. The highest BCUT2D eigenvalue weighted by atomic mass is 14.4. The van der Waals surface area contributed by atoms with E-state index in [0.29, 0.717) is 0 Å². The lowest BCUT2D eigenvalue weighted by Gasteiger charge is -2.37. The molecule has 0 aromatic heterocycles. The lowest BCUT2D eigenvalue weighted by molar-refractivity contribution is 0.166. The third-order valence-corrected chi connectivity index (χ3v) is 5.88. The highest BCUT2D eigenvalue weighted by Crippen LogP contribution is 2.43. The molecule has 2 aliphatic rings. The molecule has 0 heteroatoms. The van der Waals surface area contributed by atoms with Crippen molar-refractivity contribution in [1.82, 2.24) is 0 Å². The van der Waals surface area contributed by atoms with Crippen LogP contribution in [0.2, 0.25) is 0 Å². The van der Waals surface area contributed by atoms with Crippen molar-refractivity contribution in [2.75, 3.05) is 0 Å². The molecule has 0 saturated heterocycles. The van der Waals surface area contributed by atoms with Crippen LogP contribution in [0.4, 0.5) is 0 Å². The number of rotatable bonds is 6. The van der Waals surface area contributed by atoms with Gasteiger partial charge in [-0.25, -0.2) is 0 Å². The van der Waals surface area contributed by atoms with E-state index in [1.165, 1.54) is 57.8 Å². The number of hydrogen-bond acceptors (Lipinski definition) is 0. The monoisotopic (exact) mass is 263 g/mol. The van der Waals surface area contributed by atoms with Crippen LogP contribution in [0.3, 0.4) is 0 Å². The summed E-state index contributed by atoms with van der Waals surface area (Å²) in [4.78, 5) is 0.